The average Bonchev–Trinajstić information content (AvgIpc) is 3.66. The lowest BCUT2D eigenvalue weighted by Crippen LogP contribution is -2.18. The summed E-state index contributed by atoms with van der Waals surface area (Å²) in [6, 6.07) is 74.6. The fourth-order valence-corrected chi connectivity index (χ4v) is 10.3. The minimum absolute atomic E-state index is 0.155. The molecule has 0 atom stereocenters. The van der Waals surface area contributed by atoms with Crippen molar-refractivity contribution >= 4 is 27.8 Å². The summed E-state index contributed by atoms with van der Waals surface area (Å²) in [6.07, 6.45) is 0. The van der Waals surface area contributed by atoms with Gasteiger partial charge in [-0.2, -0.15) is 0 Å². The Balaban J connectivity index is 1.24. The number of nitrogens with zero attached hydrogens (tertiary/aromatic N) is 1. The zero-order valence-corrected chi connectivity index (χ0v) is 34.0. The molecule has 1 heteroatoms. The van der Waals surface area contributed by atoms with Gasteiger partial charge in [-0.3, -0.25) is 0 Å². The van der Waals surface area contributed by atoms with E-state index in [1.807, 2.05) is 0 Å². The van der Waals surface area contributed by atoms with Gasteiger partial charge in [0.15, 0.2) is 0 Å². The lowest BCUT2D eigenvalue weighted by Gasteiger charge is -2.33. The lowest BCUT2D eigenvalue weighted by atomic mass is 9.82. The first-order valence-corrected chi connectivity index (χ1v) is 20.8. The van der Waals surface area contributed by atoms with Crippen LogP contribution in [0.5, 0.6) is 0 Å². The quantitative estimate of drug-likeness (QED) is 0.163. The predicted octanol–water partition coefficient (Wildman–Crippen LogP) is 15.9. The highest BCUT2D eigenvalue weighted by molar-refractivity contribution is 6.04. The number of benzene rings is 9. The molecule has 59 heavy (non-hydrogen) atoms. The van der Waals surface area contributed by atoms with Gasteiger partial charge in [0.1, 0.15) is 0 Å². The van der Waals surface area contributed by atoms with Crippen LogP contribution in [0.25, 0.3) is 66.4 Å². The summed E-state index contributed by atoms with van der Waals surface area (Å²) in [5.41, 5.74) is 21.0. The molecule has 0 fully saturated rings. The number of anilines is 3. The smallest absolute Gasteiger partial charge is 0.0618 e. The highest BCUT2D eigenvalue weighted by Gasteiger charge is 2.38. The fourth-order valence-electron chi connectivity index (χ4n) is 10.3. The van der Waals surface area contributed by atoms with Crippen LogP contribution in [-0.4, -0.2) is 0 Å². The van der Waals surface area contributed by atoms with Crippen molar-refractivity contribution in [1.82, 2.24) is 0 Å². The van der Waals surface area contributed by atoms with Crippen molar-refractivity contribution in [2.75, 3.05) is 4.90 Å². The summed E-state index contributed by atoms with van der Waals surface area (Å²) in [6.45, 7) is 9.52. The normalized spacial score (nSPS) is 14.0. The van der Waals surface area contributed by atoms with E-state index in [9.17, 15) is 0 Å². The Kier molecular flexibility index (Phi) is 7.94. The largest absolute Gasteiger partial charge is 0.309 e. The summed E-state index contributed by atoms with van der Waals surface area (Å²) in [5, 5.41) is 2.49. The molecule has 9 aromatic rings. The maximum atomic E-state index is 2.57. The molecule has 282 valence electrons. The van der Waals surface area contributed by atoms with Crippen LogP contribution in [0.3, 0.4) is 0 Å². The second-order valence-electron chi connectivity index (χ2n) is 17.3. The maximum absolute atomic E-state index is 2.57. The van der Waals surface area contributed by atoms with E-state index in [0.29, 0.717) is 0 Å². The van der Waals surface area contributed by atoms with Gasteiger partial charge >= 0.3 is 0 Å². The number of rotatable bonds is 6. The molecule has 9 aromatic carbocycles. The lowest BCUT2D eigenvalue weighted by molar-refractivity contribution is 0.660. The molecular formula is C58H45N. The molecule has 0 spiro atoms. The van der Waals surface area contributed by atoms with Crippen LogP contribution in [0.4, 0.5) is 17.1 Å². The molecule has 2 aliphatic carbocycles. The first-order chi connectivity index (χ1) is 28.8. The Morgan fingerprint density at radius 1 is 0.305 bits per heavy atom. The predicted molar refractivity (Wildman–Crippen MR) is 250 cm³/mol. The van der Waals surface area contributed by atoms with Crippen LogP contribution in [0, 0.1) is 0 Å². The van der Waals surface area contributed by atoms with Gasteiger partial charge in [-0.25, -0.2) is 0 Å². The number of hydrogen-bond acceptors (Lipinski definition) is 1. The molecule has 0 saturated heterocycles. The zero-order valence-electron chi connectivity index (χ0n) is 34.0. The average molecular weight is 756 g/mol. The van der Waals surface area contributed by atoms with Crippen molar-refractivity contribution in [3.05, 3.63) is 222 Å². The Morgan fingerprint density at radius 2 is 0.729 bits per heavy atom. The second kappa shape index (κ2) is 13.3. The Morgan fingerprint density at radius 3 is 1.27 bits per heavy atom. The first-order valence-electron chi connectivity index (χ1n) is 20.8. The summed E-state index contributed by atoms with van der Waals surface area (Å²) >= 11 is 0. The highest BCUT2D eigenvalue weighted by atomic mass is 15.1. The van der Waals surface area contributed by atoms with Crippen LogP contribution in [0.15, 0.2) is 200 Å². The third kappa shape index (κ3) is 5.45. The maximum Gasteiger partial charge on any atom is 0.0618 e. The molecule has 0 aliphatic heterocycles. The van der Waals surface area contributed by atoms with Gasteiger partial charge in [0.25, 0.3) is 0 Å². The molecule has 0 amide bonds. The van der Waals surface area contributed by atoms with E-state index in [2.05, 4.69) is 233 Å². The molecule has 0 radical (unpaired) electrons. The van der Waals surface area contributed by atoms with Gasteiger partial charge in [-0.15, -0.1) is 0 Å². The Hall–Kier alpha value is -6.96. The summed E-state index contributed by atoms with van der Waals surface area (Å²) in [7, 11) is 0. The van der Waals surface area contributed by atoms with Gasteiger partial charge in [0, 0.05) is 33.3 Å². The van der Waals surface area contributed by atoms with E-state index < -0.39 is 0 Å². The molecule has 1 nitrogen and oxygen atoms in total. The molecule has 0 unspecified atom stereocenters. The van der Waals surface area contributed by atoms with Gasteiger partial charge in [-0.05, 0) is 114 Å². The SMILES string of the molecule is CC1(C)c2ccccc2-c2ccc(N(c3ccc4c(c3)C(C)(C)c3ccccc3-4)c3c(-c4ccccc4)cc(-c4cccc5ccccc45)cc3-c3ccccc3)cc21. The van der Waals surface area contributed by atoms with Gasteiger partial charge < -0.3 is 4.90 Å². The third-order valence-corrected chi connectivity index (χ3v) is 13.3. The Labute approximate surface area is 347 Å². The zero-order chi connectivity index (χ0) is 39.9. The van der Waals surface area contributed by atoms with Crippen molar-refractivity contribution in [3.8, 4) is 55.6 Å². The molecule has 0 heterocycles. The van der Waals surface area contributed by atoms with Crippen LogP contribution in [0.1, 0.15) is 49.9 Å². The van der Waals surface area contributed by atoms with Gasteiger partial charge in [0.2, 0.25) is 0 Å². The minimum Gasteiger partial charge on any atom is -0.309 e. The summed E-state index contributed by atoms with van der Waals surface area (Å²) < 4.78 is 0. The van der Waals surface area contributed by atoms with Crippen LogP contribution < -0.4 is 4.90 Å². The molecule has 0 bridgehead atoms. The van der Waals surface area contributed by atoms with Gasteiger partial charge in [-0.1, -0.05) is 191 Å². The van der Waals surface area contributed by atoms with Gasteiger partial charge in [0.05, 0.1) is 5.69 Å². The van der Waals surface area contributed by atoms with Crippen LogP contribution in [-0.2, 0) is 10.8 Å². The topological polar surface area (TPSA) is 3.24 Å². The standard InChI is InChI=1S/C58H45N/c1-57(2)52-28-15-13-25-46(52)48-32-30-42(36-54(48)57)59(43-31-33-49-47-26-14-16-29-53(47)58(3,4)55(49)37-43)56-50(39-18-7-5-8-19-39)34-41(35-51(56)40-20-9-6-10-21-40)45-27-17-23-38-22-11-12-24-44(38)45/h5-37H,1-4H3. The molecule has 2 aliphatic rings. The molecule has 0 saturated carbocycles. The van der Waals surface area contributed by atoms with E-state index in [4.69, 9.17) is 0 Å². The van der Waals surface area contributed by atoms with Crippen LogP contribution in [0.2, 0.25) is 0 Å². The van der Waals surface area contributed by atoms with E-state index in [1.54, 1.807) is 0 Å². The van der Waals surface area contributed by atoms with Crippen molar-refractivity contribution in [1.29, 1.82) is 0 Å². The summed E-state index contributed by atoms with van der Waals surface area (Å²) in [4.78, 5) is 2.57. The molecule has 0 N–H and O–H groups in total. The highest BCUT2D eigenvalue weighted by Crippen LogP contribution is 2.55. The van der Waals surface area contributed by atoms with Crippen LogP contribution >= 0.6 is 0 Å². The molecule has 0 aromatic heterocycles. The van der Waals surface area contributed by atoms with E-state index in [-0.39, 0.29) is 10.8 Å². The molecule has 11 rings (SSSR count). The van der Waals surface area contributed by atoms with E-state index in [1.165, 1.54) is 88.7 Å². The monoisotopic (exact) mass is 755 g/mol. The van der Waals surface area contributed by atoms with Crippen molar-refractivity contribution in [2.24, 2.45) is 0 Å². The van der Waals surface area contributed by atoms with Crippen molar-refractivity contribution < 1.29 is 0 Å². The third-order valence-electron chi connectivity index (χ3n) is 13.3. The minimum atomic E-state index is -0.155. The Bertz CT molecular complexity index is 2920. The van der Waals surface area contributed by atoms with Crippen molar-refractivity contribution in [3.63, 3.8) is 0 Å². The van der Waals surface area contributed by atoms with E-state index in [0.717, 1.165) is 17.1 Å². The van der Waals surface area contributed by atoms with Crippen molar-refractivity contribution in [2.45, 2.75) is 38.5 Å². The number of hydrogen-bond donors (Lipinski definition) is 0. The molecular weight excluding hydrogens is 711 g/mol. The van der Waals surface area contributed by atoms with E-state index >= 15 is 0 Å². The first kappa shape index (κ1) is 35.2. The second-order valence-corrected chi connectivity index (χ2v) is 17.3. The fraction of sp³-hybridized carbons (Fsp3) is 0.103. The summed E-state index contributed by atoms with van der Waals surface area (Å²) in [5.74, 6) is 0. The number of fused-ring (bicyclic) bond motifs is 7.